The Balaban J connectivity index is 1.79. The Bertz CT molecular complexity index is 590. The van der Waals surface area contributed by atoms with Gasteiger partial charge in [-0.25, -0.2) is 9.36 Å². The van der Waals surface area contributed by atoms with Gasteiger partial charge >= 0.3 is 6.09 Å². The van der Waals surface area contributed by atoms with Gasteiger partial charge < -0.3 is 4.74 Å². The molecule has 19 heavy (non-hydrogen) atoms. The van der Waals surface area contributed by atoms with Crippen LogP contribution in [0.2, 0.25) is 0 Å². The topological polar surface area (TPSA) is 48.3 Å². The van der Waals surface area contributed by atoms with E-state index in [1.807, 2.05) is 30.3 Å². The second-order valence-electron chi connectivity index (χ2n) is 4.11. The highest BCUT2D eigenvalue weighted by atomic mass is 16.5. The molecule has 0 spiro atoms. The van der Waals surface area contributed by atoms with Crippen LogP contribution in [0, 0.1) is 0 Å². The quantitative estimate of drug-likeness (QED) is 0.790. The number of nitrogens with zero attached hydrogens (tertiary/aromatic N) is 1. The molecule has 0 fully saturated rings. The Morgan fingerprint density at radius 3 is 2.53 bits per heavy atom. The summed E-state index contributed by atoms with van der Waals surface area (Å²) in [4.78, 5) is 23.0. The highest BCUT2D eigenvalue weighted by Gasteiger charge is 2.06. The summed E-state index contributed by atoms with van der Waals surface area (Å²) in [7, 11) is 0. The van der Waals surface area contributed by atoms with E-state index in [9.17, 15) is 9.59 Å². The average molecular weight is 257 g/mol. The van der Waals surface area contributed by atoms with Crippen LogP contribution in [-0.4, -0.2) is 17.3 Å². The summed E-state index contributed by atoms with van der Waals surface area (Å²) in [6.07, 6.45) is 2.36. The molecule has 0 aliphatic carbocycles. The fourth-order valence-corrected chi connectivity index (χ4v) is 1.73. The summed E-state index contributed by atoms with van der Waals surface area (Å²) >= 11 is 0. The maximum Gasteiger partial charge on any atom is 0.420 e. The van der Waals surface area contributed by atoms with Crippen LogP contribution in [-0.2, 0) is 11.2 Å². The van der Waals surface area contributed by atoms with Gasteiger partial charge in [0.1, 0.15) is 0 Å². The summed E-state index contributed by atoms with van der Waals surface area (Å²) in [6.45, 7) is 0.301. The second kappa shape index (κ2) is 6.54. The zero-order valence-electron chi connectivity index (χ0n) is 10.5. The van der Waals surface area contributed by atoms with E-state index in [1.165, 1.54) is 17.8 Å². The Hall–Kier alpha value is -2.36. The van der Waals surface area contributed by atoms with Crippen molar-refractivity contribution in [2.24, 2.45) is 0 Å². The number of pyridine rings is 1. The largest absolute Gasteiger partial charge is 0.449 e. The van der Waals surface area contributed by atoms with Gasteiger partial charge in [-0.1, -0.05) is 36.4 Å². The summed E-state index contributed by atoms with van der Waals surface area (Å²) < 4.78 is 6.02. The van der Waals surface area contributed by atoms with Gasteiger partial charge in [0, 0.05) is 12.3 Å². The molecule has 2 aromatic rings. The van der Waals surface area contributed by atoms with Crippen molar-refractivity contribution in [3.05, 3.63) is 70.6 Å². The predicted octanol–water partition coefficient (Wildman–Crippen LogP) is 2.47. The number of carbonyl (C=O) groups is 1. The van der Waals surface area contributed by atoms with E-state index in [1.54, 1.807) is 12.1 Å². The van der Waals surface area contributed by atoms with Crippen LogP contribution < -0.4 is 5.56 Å². The molecule has 0 radical (unpaired) electrons. The minimum Gasteiger partial charge on any atom is -0.449 e. The molecule has 0 aliphatic rings. The first-order valence-corrected chi connectivity index (χ1v) is 6.16. The highest BCUT2D eigenvalue weighted by Crippen LogP contribution is 2.02. The Kier molecular flexibility index (Phi) is 4.50. The van der Waals surface area contributed by atoms with Crippen molar-refractivity contribution in [2.75, 3.05) is 6.61 Å². The third-order valence-electron chi connectivity index (χ3n) is 2.70. The minimum atomic E-state index is -0.626. The van der Waals surface area contributed by atoms with Crippen molar-refractivity contribution in [3.63, 3.8) is 0 Å². The molecular formula is C15H15NO3. The van der Waals surface area contributed by atoms with Gasteiger partial charge in [-0.05, 0) is 24.5 Å². The van der Waals surface area contributed by atoms with Gasteiger partial charge in [0.2, 0.25) is 0 Å². The van der Waals surface area contributed by atoms with Crippen LogP contribution in [0.15, 0.2) is 59.5 Å². The number of hydrogen-bond donors (Lipinski definition) is 0. The number of carbonyl (C=O) groups excluding carboxylic acids is 1. The van der Waals surface area contributed by atoms with E-state index >= 15 is 0 Å². The first-order chi connectivity index (χ1) is 9.27. The third-order valence-corrected chi connectivity index (χ3v) is 2.70. The molecule has 0 bridgehead atoms. The Morgan fingerprint density at radius 1 is 1.05 bits per heavy atom. The molecule has 4 nitrogen and oxygen atoms in total. The summed E-state index contributed by atoms with van der Waals surface area (Å²) in [6, 6.07) is 14.5. The Morgan fingerprint density at radius 2 is 1.79 bits per heavy atom. The van der Waals surface area contributed by atoms with Crippen molar-refractivity contribution in [1.29, 1.82) is 0 Å². The number of aryl methyl sites for hydroxylation is 1. The fourth-order valence-electron chi connectivity index (χ4n) is 1.73. The number of aromatic nitrogens is 1. The zero-order valence-corrected chi connectivity index (χ0v) is 10.5. The maximum atomic E-state index is 11.6. The molecule has 0 saturated heterocycles. The number of ether oxygens (including phenoxy) is 1. The lowest BCUT2D eigenvalue weighted by Gasteiger charge is -2.06. The van der Waals surface area contributed by atoms with Gasteiger partial charge in [-0.3, -0.25) is 4.79 Å². The summed E-state index contributed by atoms with van der Waals surface area (Å²) in [5.41, 5.74) is 0.825. The molecular weight excluding hydrogens is 242 g/mol. The standard InChI is InChI=1S/C15H15NO3/c17-14-10-4-5-11-16(14)15(18)19-12-6-9-13-7-2-1-3-8-13/h1-5,7-8,10-11H,6,9,12H2. The van der Waals surface area contributed by atoms with E-state index < -0.39 is 6.09 Å². The van der Waals surface area contributed by atoms with Gasteiger partial charge in [0.05, 0.1) is 6.61 Å². The lowest BCUT2D eigenvalue weighted by Crippen LogP contribution is -2.26. The molecule has 2 rings (SSSR count). The molecule has 0 saturated carbocycles. The average Bonchev–Trinajstić information content (AvgIpc) is 2.45. The molecule has 0 amide bonds. The van der Waals surface area contributed by atoms with Crippen molar-refractivity contribution in [3.8, 4) is 0 Å². The predicted molar refractivity (Wildman–Crippen MR) is 72.2 cm³/mol. The SMILES string of the molecule is O=C(OCCCc1ccccc1)n1ccccc1=O. The van der Waals surface area contributed by atoms with E-state index in [4.69, 9.17) is 4.74 Å². The molecule has 0 unspecified atom stereocenters. The van der Waals surface area contributed by atoms with Crippen molar-refractivity contribution < 1.29 is 9.53 Å². The third kappa shape index (κ3) is 3.81. The normalized spacial score (nSPS) is 10.1. The molecule has 98 valence electrons. The van der Waals surface area contributed by atoms with E-state index in [2.05, 4.69) is 0 Å². The molecule has 0 N–H and O–H groups in total. The van der Waals surface area contributed by atoms with Gasteiger partial charge in [-0.2, -0.15) is 0 Å². The number of benzene rings is 1. The highest BCUT2D eigenvalue weighted by molar-refractivity contribution is 5.70. The van der Waals surface area contributed by atoms with Crippen LogP contribution in [0.5, 0.6) is 0 Å². The second-order valence-corrected chi connectivity index (χ2v) is 4.11. The van der Waals surface area contributed by atoms with E-state index in [-0.39, 0.29) is 5.56 Å². The van der Waals surface area contributed by atoms with Crippen LogP contribution in [0.3, 0.4) is 0 Å². The van der Waals surface area contributed by atoms with Crippen LogP contribution in [0.1, 0.15) is 12.0 Å². The van der Waals surface area contributed by atoms with Gasteiger partial charge in [0.25, 0.3) is 5.56 Å². The van der Waals surface area contributed by atoms with E-state index in [0.29, 0.717) is 6.61 Å². The van der Waals surface area contributed by atoms with Crippen LogP contribution in [0.4, 0.5) is 4.79 Å². The van der Waals surface area contributed by atoms with Crippen molar-refractivity contribution >= 4 is 6.09 Å². The molecule has 1 heterocycles. The van der Waals surface area contributed by atoms with E-state index in [0.717, 1.165) is 17.4 Å². The lowest BCUT2D eigenvalue weighted by molar-refractivity contribution is 0.145. The first kappa shape index (κ1) is 13.1. The zero-order chi connectivity index (χ0) is 13.5. The van der Waals surface area contributed by atoms with Crippen LogP contribution in [0.25, 0.3) is 0 Å². The van der Waals surface area contributed by atoms with Crippen molar-refractivity contribution in [1.82, 2.24) is 4.57 Å². The van der Waals surface area contributed by atoms with Crippen LogP contribution >= 0.6 is 0 Å². The first-order valence-electron chi connectivity index (χ1n) is 6.16. The molecule has 1 aromatic heterocycles. The molecule has 0 atom stereocenters. The van der Waals surface area contributed by atoms with Gasteiger partial charge in [0.15, 0.2) is 0 Å². The minimum absolute atomic E-state index is 0.301. The lowest BCUT2D eigenvalue weighted by atomic mass is 10.1. The smallest absolute Gasteiger partial charge is 0.420 e. The Labute approximate surface area is 111 Å². The van der Waals surface area contributed by atoms with Gasteiger partial charge in [-0.15, -0.1) is 0 Å². The van der Waals surface area contributed by atoms with Crippen molar-refractivity contribution in [2.45, 2.75) is 12.8 Å². The molecule has 1 aromatic carbocycles. The summed E-state index contributed by atoms with van der Waals surface area (Å²) in [5.74, 6) is 0. The monoisotopic (exact) mass is 257 g/mol. The molecule has 4 heteroatoms. The fraction of sp³-hybridized carbons (Fsp3) is 0.200. The maximum absolute atomic E-state index is 11.6. The number of hydrogen-bond acceptors (Lipinski definition) is 3. The molecule has 0 aliphatic heterocycles. The summed E-state index contributed by atoms with van der Waals surface area (Å²) in [5, 5.41) is 0. The number of rotatable bonds is 4.